The molecular weight excluding hydrogens is 366 g/mol. The van der Waals surface area contributed by atoms with Crippen molar-refractivity contribution >= 4 is 34.7 Å². The monoisotopic (exact) mass is 393 g/mol. The summed E-state index contributed by atoms with van der Waals surface area (Å²) in [7, 11) is 0. The van der Waals surface area contributed by atoms with Crippen molar-refractivity contribution in [3.05, 3.63) is 54.1 Å². The van der Waals surface area contributed by atoms with E-state index in [0.717, 1.165) is 24.5 Å². The molecule has 0 bridgehead atoms. The van der Waals surface area contributed by atoms with Gasteiger partial charge in [0.2, 0.25) is 11.8 Å². The molecule has 1 fully saturated rings. The van der Waals surface area contributed by atoms with E-state index in [4.69, 9.17) is 0 Å². The summed E-state index contributed by atoms with van der Waals surface area (Å²) in [6.45, 7) is 7.90. The van der Waals surface area contributed by atoms with Crippen LogP contribution in [0.1, 0.15) is 37.6 Å². The van der Waals surface area contributed by atoms with Crippen molar-refractivity contribution in [3.63, 3.8) is 0 Å². The first-order valence-corrected chi connectivity index (χ1v) is 10.00. The summed E-state index contributed by atoms with van der Waals surface area (Å²) in [5.74, 6) is -0.748. The maximum atomic E-state index is 12.7. The molecule has 0 saturated carbocycles. The molecule has 0 spiro atoms. The van der Waals surface area contributed by atoms with Crippen molar-refractivity contribution in [2.75, 3.05) is 34.8 Å². The van der Waals surface area contributed by atoms with Crippen LogP contribution in [-0.4, -0.2) is 37.2 Å². The Bertz CT molecular complexity index is 904. The zero-order valence-electron chi connectivity index (χ0n) is 17.1. The summed E-state index contributed by atoms with van der Waals surface area (Å²) >= 11 is 0. The van der Waals surface area contributed by atoms with Crippen molar-refractivity contribution in [1.29, 1.82) is 0 Å². The van der Waals surface area contributed by atoms with E-state index in [2.05, 4.69) is 24.1 Å². The van der Waals surface area contributed by atoms with Gasteiger partial charge >= 0.3 is 0 Å². The fraction of sp³-hybridized carbons (Fsp3) is 0.348. The molecule has 29 heavy (non-hydrogen) atoms. The van der Waals surface area contributed by atoms with Crippen LogP contribution < -0.4 is 15.1 Å². The molecule has 3 rings (SSSR count). The van der Waals surface area contributed by atoms with E-state index in [0.29, 0.717) is 17.8 Å². The van der Waals surface area contributed by atoms with Crippen LogP contribution in [0.4, 0.5) is 17.1 Å². The average molecular weight is 393 g/mol. The molecule has 0 aliphatic carbocycles. The third-order valence-electron chi connectivity index (χ3n) is 5.32. The lowest BCUT2D eigenvalue weighted by molar-refractivity contribution is -0.122. The molecule has 2 aromatic rings. The van der Waals surface area contributed by atoms with Crippen LogP contribution in [0.25, 0.3) is 0 Å². The Kier molecular flexibility index (Phi) is 6.32. The molecule has 1 heterocycles. The van der Waals surface area contributed by atoms with Crippen molar-refractivity contribution < 1.29 is 14.4 Å². The fourth-order valence-electron chi connectivity index (χ4n) is 3.63. The molecule has 1 saturated heterocycles. The molecular formula is C23H27N3O3. The Hall–Kier alpha value is -3.15. The first kappa shape index (κ1) is 20.6. The minimum absolute atomic E-state index is 0.0572. The van der Waals surface area contributed by atoms with Gasteiger partial charge in [-0.2, -0.15) is 0 Å². The molecule has 0 aromatic heterocycles. The number of rotatable bonds is 7. The molecule has 0 radical (unpaired) electrons. The third-order valence-corrected chi connectivity index (χ3v) is 5.32. The Morgan fingerprint density at radius 2 is 1.79 bits per heavy atom. The Labute approximate surface area is 171 Å². The van der Waals surface area contributed by atoms with Crippen LogP contribution in [0.15, 0.2) is 48.5 Å². The summed E-state index contributed by atoms with van der Waals surface area (Å²) in [5, 5.41) is 2.83. The van der Waals surface area contributed by atoms with Crippen LogP contribution >= 0.6 is 0 Å². The zero-order chi connectivity index (χ0) is 21.0. The summed E-state index contributed by atoms with van der Waals surface area (Å²) in [5.41, 5.74) is 3.03. The lowest BCUT2D eigenvalue weighted by Gasteiger charge is -2.22. The summed E-state index contributed by atoms with van der Waals surface area (Å²) in [6.07, 6.45) is 0.177. The van der Waals surface area contributed by atoms with Gasteiger partial charge in [0.25, 0.3) is 0 Å². The van der Waals surface area contributed by atoms with Gasteiger partial charge in [-0.1, -0.05) is 12.1 Å². The molecule has 1 aliphatic heterocycles. The molecule has 6 nitrogen and oxygen atoms in total. The van der Waals surface area contributed by atoms with E-state index >= 15 is 0 Å². The number of nitrogens with zero attached hydrogens (tertiary/aromatic N) is 2. The highest BCUT2D eigenvalue weighted by molar-refractivity contribution is 6.04. The predicted molar refractivity (Wildman–Crippen MR) is 116 cm³/mol. The molecule has 1 N–H and O–H groups in total. The van der Waals surface area contributed by atoms with Crippen LogP contribution in [-0.2, 0) is 9.59 Å². The molecule has 2 aromatic carbocycles. The minimum Gasteiger partial charge on any atom is -0.372 e. The van der Waals surface area contributed by atoms with Gasteiger partial charge in [0, 0.05) is 48.7 Å². The number of nitrogens with one attached hydrogen (secondary N) is 1. The number of amides is 2. The van der Waals surface area contributed by atoms with E-state index in [1.54, 1.807) is 29.2 Å². The highest BCUT2D eigenvalue weighted by atomic mass is 16.2. The second-order valence-electron chi connectivity index (χ2n) is 7.22. The van der Waals surface area contributed by atoms with Gasteiger partial charge < -0.3 is 15.1 Å². The van der Waals surface area contributed by atoms with Crippen molar-refractivity contribution in [1.82, 2.24) is 0 Å². The third kappa shape index (κ3) is 4.65. The number of Topliss-reactive ketones (excluding diaryl/α,β-unsaturated/α-hetero) is 1. The second kappa shape index (κ2) is 8.90. The molecule has 1 aliphatic rings. The highest BCUT2D eigenvalue weighted by Crippen LogP contribution is 2.28. The number of hydrogen-bond donors (Lipinski definition) is 1. The van der Waals surface area contributed by atoms with E-state index in [1.165, 1.54) is 6.92 Å². The van der Waals surface area contributed by atoms with E-state index in [1.807, 2.05) is 24.3 Å². The van der Waals surface area contributed by atoms with Gasteiger partial charge in [-0.25, -0.2) is 0 Å². The predicted octanol–water partition coefficient (Wildman–Crippen LogP) is 3.73. The molecule has 1 atom stereocenters. The Balaban J connectivity index is 1.67. The van der Waals surface area contributed by atoms with Gasteiger partial charge in [-0.15, -0.1) is 0 Å². The Morgan fingerprint density at radius 3 is 2.41 bits per heavy atom. The lowest BCUT2D eigenvalue weighted by atomic mass is 10.1. The highest BCUT2D eigenvalue weighted by Gasteiger charge is 2.35. The Morgan fingerprint density at radius 1 is 1.10 bits per heavy atom. The molecule has 2 amide bonds. The number of benzene rings is 2. The van der Waals surface area contributed by atoms with E-state index in [9.17, 15) is 14.4 Å². The molecule has 6 heteroatoms. The number of anilines is 3. The van der Waals surface area contributed by atoms with Crippen LogP contribution in [0, 0.1) is 5.92 Å². The number of carbonyl (C=O) groups excluding carboxylic acids is 3. The quantitative estimate of drug-likeness (QED) is 0.728. The summed E-state index contributed by atoms with van der Waals surface area (Å²) in [6, 6.07) is 14.7. The summed E-state index contributed by atoms with van der Waals surface area (Å²) < 4.78 is 0. The maximum Gasteiger partial charge on any atom is 0.229 e. The van der Waals surface area contributed by atoms with Gasteiger partial charge in [-0.05, 0) is 57.2 Å². The molecule has 152 valence electrons. The lowest BCUT2D eigenvalue weighted by Crippen LogP contribution is -2.28. The van der Waals surface area contributed by atoms with E-state index in [-0.39, 0.29) is 24.0 Å². The van der Waals surface area contributed by atoms with Crippen LogP contribution in [0.2, 0.25) is 0 Å². The topological polar surface area (TPSA) is 69.7 Å². The van der Waals surface area contributed by atoms with Gasteiger partial charge in [0.1, 0.15) is 0 Å². The minimum atomic E-state index is -0.425. The number of ketones is 1. The number of carbonyl (C=O) groups is 3. The standard InChI is InChI=1S/C23H27N3O3/c1-4-25(5-2)20-9-11-21(12-10-20)26-15-18(14-22(26)28)23(29)24-19-8-6-7-17(13-19)16(3)27/h6-13,18H,4-5,14-15H2,1-3H3,(H,24,29). The van der Waals surface area contributed by atoms with Crippen molar-refractivity contribution in [2.24, 2.45) is 5.92 Å². The van der Waals surface area contributed by atoms with Gasteiger partial charge in [0.05, 0.1) is 5.92 Å². The van der Waals surface area contributed by atoms with Gasteiger partial charge in [-0.3, -0.25) is 14.4 Å². The normalized spacial score (nSPS) is 16.0. The average Bonchev–Trinajstić information content (AvgIpc) is 3.11. The maximum absolute atomic E-state index is 12.7. The SMILES string of the molecule is CCN(CC)c1ccc(N2CC(C(=O)Nc3cccc(C(C)=O)c3)CC2=O)cc1. The second-order valence-corrected chi connectivity index (χ2v) is 7.22. The van der Waals surface area contributed by atoms with Gasteiger partial charge in [0.15, 0.2) is 5.78 Å². The van der Waals surface area contributed by atoms with Crippen molar-refractivity contribution in [3.8, 4) is 0 Å². The fourth-order valence-corrected chi connectivity index (χ4v) is 3.63. The largest absolute Gasteiger partial charge is 0.372 e. The number of hydrogen-bond acceptors (Lipinski definition) is 4. The zero-order valence-corrected chi connectivity index (χ0v) is 17.1. The first-order chi connectivity index (χ1) is 13.9. The summed E-state index contributed by atoms with van der Waals surface area (Å²) in [4.78, 5) is 40.6. The van der Waals surface area contributed by atoms with Crippen LogP contribution in [0.5, 0.6) is 0 Å². The van der Waals surface area contributed by atoms with Crippen LogP contribution in [0.3, 0.4) is 0 Å². The van der Waals surface area contributed by atoms with Crippen molar-refractivity contribution in [2.45, 2.75) is 27.2 Å². The van der Waals surface area contributed by atoms with E-state index < -0.39 is 5.92 Å². The first-order valence-electron chi connectivity index (χ1n) is 10.00. The molecule has 1 unspecified atom stereocenters. The smallest absolute Gasteiger partial charge is 0.229 e.